The molecule has 5 nitrogen and oxygen atoms in total. The highest BCUT2D eigenvalue weighted by atomic mass is 19.1. The van der Waals surface area contributed by atoms with Crippen LogP contribution < -0.4 is 15.0 Å². The molecule has 0 atom stereocenters. The zero-order valence-electron chi connectivity index (χ0n) is 16.5. The summed E-state index contributed by atoms with van der Waals surface area (Å²) in [5.74, 6) is -0.864. The Morgan fingerprint density at radius 1 is 0.867 bits per heavy atom. The van der Waals surface area contributed by atoms with Gasteiger partial charge in [0.1, 0.15) is 17.3 Å². The number of benzene rings is 3. The molecule has 0 bridgehead atoms. The number of rotatable bonds is 5. The number of ether oxygens (including phenoxy) is 1. The molecular formula is C24H19FN2O3. The summed E-state index contributed by atoms with van der Waals surface area (Å²) in [5, 5.41) is 3.01. The molecule has 2 amide bonds. The van der Waals surface area contributed by atoms with Crippen molar-refractivity contribution < 1.29 is 18.7 Å². The molecular weight excluding hydrogens is 383 g/mol. The largest absolute Gasteiger partial charge is 0.496 e. The molecule has 0 aromatic heterocycles. The molecule has 3 aromatic rings. The van der Waals surface area contributed by atoms with Crippen LogP contribution in [0.3, 0.4) is 0 Å². The van der Waals surface area contributed by atoms with E-state index >= 15 is 0 Å². The minimum Gasteiger partial charge on any atom is -0.496 e. The van der Waals surface area contributed by atoms with Crippen LogP contribution in [0.25, 0.3) is 5.57 Å². The Hall–Kier alpha value is -3.93. The van der Waals surface area contributed by atoms with Gasteiger partial charge in [0.2, 0.25) is 0 Å². The maximum Gasteiger partial charge on any atom is 0.282 e. The van der Waals surface area contributed by atoms with Gasteiger partial charge >= 0.3 is 0 Å². The minimum absolute atomic E-state index is 0.111. The van der Waals surface area contributed by atoms with Crippen LogP contribution in [0.4, 0.5) is 15.8 Å². The average Bonchev–Trinajstić information content (AvgIpc) is 2.99. The summed E-state index contributed by atoms with van der Waals surface area (Å²) < 4.78 is 18.7. The number of halogens is 1. The fraction of sp³-hybridized carbons (Fsp3) is 0.0833. The van der Waals surface area contributed by atoms with Crippen molar-refractivity contribution in [2.45, 2.75) is 6.92 Å². The lowest BCUT2D eigenvalue weighted by molar-refractivity contribution is -0.120. The standard InChI is InChI=1S/C24H19FN2O3/c1-15-7-3-5-9-19(15)27-23(28)21(18-8-4-6-10-20(18)30-2)22(24(27)29)26-17-13-11-16(25)12-14-17/h3-14,26H,1-2H3. The van der Waals surface area contributed by atoms with Crippen LogP contribution in [0.2, 0.25) is 0 Å². The van der Waals surface area contributed by atoms with Crippen LogP contribution in [0, 0.1) is 12.7 Å². The minimum atomic E-state index is -0.487. The number of para-hydroxylation sites is 2. The Morgan fingerprint density at radius 2 is 1.53 bits per heavy atom. The summed E-state index contributed by atoms with van der Waals surface area (Å²) >= 11 is 0. The number of amides is 2. The van der Waals surface area contributed by atoms with Crippen molar-refractivity contribution in [1.29, 1.82) is 0 Å². The number of hydrogen-bond donors (Lipinski definition) is 1. The lowest BCUT2D eigenvalue weighted by atomic mass is 10.0. The van der Waals surface area contributed by atoms with Crippen LogP contribution in [0.15, 0.2) is 78.5 Å². The lowest BCUT2D eigenvalue weighted by Gasteiger charge is -2.17. The first-order chi connectivity index (χ1) is 14.5. The predicted octanol–water partition coefficient (Wildman–Crippen LogP) is 4.54. The number of aryl methyl sites for hydroxylation is 1. The number of imide groups is 1. The summed E-state index contributed by atoms with van der Waals surface area (Å²) in [6, 6.07) is 19.8. The zero-order valence-corrected chi connectivity index (χ0v) is 16.5. The van der Waals surface area contributed by atoms with Crippen LogP contribution in [-0.4, -0.2) is 18.9 Å². The fourth-order valence-corrected chi connectivity index (χ4v) is 3.46. The maximum absolute atomic E-state index is 13.5. The van der Waals surface area contributed by atoms with Gasteiger partial charge in [-0.15, -0.1) is 0 Å². The van der Waals surface area contributed by atoms with E-state index < -0.39 is 17.6 Å². The van der Waals surface area contributed by atoms with E-state index in [1.54, 1.807) is 36.4 Å². The second kappa shape index (κ2) is 7.83. The van der Waals surface area contributed by atoms with Gasteiger partial charge < -0.3 is 10.1 Å². The molecule has 1 aliphatic rings. The van der Waals surface area contributed by atoms with Crippen molar-refractivity contribution in [3.8, 4) is 5.75 Å². The summed E-state index contributed by atoms with van der Waals surface area (Å²) in [7, 11) is 1.51. The van der Waals surface area contributed by atoms with Crippen LogP contribution in [-0.2, 0) is 9.59 Å². The van der Waals surface area contributed by atoms with Gasteiger partial charge in [-0.25, -0.2) is 9.29 Å². The maximum atomic E-state index is 13.5. The Labute approximate surface area is 173 Å². The Morgan fingerprint density at radius 3 is 2.23 bits per heavy atom. The smallest absolute Gasteiger partial charge is 0.282 e. The van der Waals surface area contributed by atoms with Gasteiger partial charge in [0, 0.05) is 11.3 Å². The van der Waals surface area contributed by atoms with E-state index in [2.05, 4.69) is 5.32 Å². The van der Waals surface area contributed by atoms with E-state index in [1.807, 2.05) is 19.1 Å². The summed E-state index contributed by atoms with van der Waals surface area (Å²) in [5.41, 5.74) is 2.60. The highest BCUT2D eigenvalue weighted by molar-refractivity contribution is 6.46. The normalized spacial score (nSPS) is 13.8. The number of carbonyl (C=O) groups is 2. The molecule has 0 saturated heterocycles. The van der Waals surface area contributed by atoms with Gasteiger partial charge in [0.25, 0.3) is 11.8 Å². The molecule has 0 radical (unpaired) electrons. The molecule has 1 aliphatic heterocycles. The third kappa shape index (κ3) is 3.33. The van der Waals surface area contributed by atoms with Crippen molar-refractivity contribution in [2.24, 2.45) is 0 Å². The van der Waals surface area contributed by atoms with Crippen LogP contribution in [0.5, 0.6) is 5.75 Å². The first kappa shape index (κ1) is 19.4. The first-order valence-electron chi connectivity index (χ1n) is 9.36. The molecule has 3 aromatic carbocycles. The van der Waals surface area contributed by atoms with E-state index in [-0.39, 0.29) is 11.3 Å². The number of anilines is 2. The molecule has 1 N–H and O–H groups in total. The molecule has 4 rings (SSSR count). The molecule has 1 heterocycles. The second-order valence-electron chi connectivity index (χ2n) is 6.81. The van der Waals surface area contributed by atoms with E-state index in [0.717, 1.165) is 10.5 Å². The molecule has 0 saturated carbocycles. The van der Waals surface area contributed by atoms with Crippen molar-refractivity contribution in [3.05, 3.63) is 95.4 Å². The molecule has 0 aliphatic carbocycles. The summed E-state index contributed by atoms with van der Waals surface area (Å²) in [6.45, 7) is 1.84. The third-order valence-corrected chi connectivity index (χ3v) is 4.93. The van der Waals surface area contributed by atoms with Crippen molar-refractivity contribution in [3.63, 3.8) is 0 Å². The first-order valence-corrected chi connectivity index (χ1v) is 9.36. The Bertz CT molecular complexity index is 1170. The number of nitrogens with zero attached hydrogens (tertiary/aromatic N) is 1. The van der Waals surface area contributed by atoms with Crippen molar-refractivity contribution in [1.82, 2.24) is 0 Å². The third-order valence-electron chi connectivity index (χ3n) is 4.93. The van der Waals surface area contributed by atoms with Crippen molar-refractivity contribution in [2.75, 3.05) is 17.3 Å². The highest BCUT2D eigenvalue weighted by Gasteiger charge is 2.41. The fourth-order valence-electron chi connectivity index (χ4n) is 3.46. The van der Waals surface area contributed by atoms with E-state index in [9.17, 15) is 14.0 Å². The van der Waals surface area contributed by atoms with Gasteiger partial charge in [0.05, 0.1) is 18.4 Å². The van der Waals surface area contributed by atoms with E-state index in [0.29, 0.717) is 22.7 Å². The number of carbonyl (C=O) groups excluding carboxylic acids is 2. The van der Waals surface area contributed by atoms with Crippen LogP contribution >= 0.6 is 0 Å². The molecule has 150 valence electrons. The van der Waals surface area contributed by atoms with Crippen LogP contribution in [0.1, 0.15) is 11.1 Å². The summed E-state index contributed by atoms with van der Waals surface area (Å²) in [6.07, 6.45) is 0. The molecule has 0 unspecified atom stereocenters. The van der Waals surface area contributed by atoms with Gasteiger partial charge in [-0.1, -0.05) is 36.4 Å². The Kier molecular flexibility index (Phi) is 5.06. The Balaban J connectivity index is 1.88. The van der Waals surface area contributed by atoms with Gasteiger partial charge in [-0.2, -0.15) is 0 Å². The molecule has 0 fully saturated rings. The number of nitrogens with one attached hydrogen (secondary N) is 1. The topological polar surface area (TPSA) is 58.6 Å². The van der Waals surface area contributed by atoms with Gasteiger partial charge in [-0.05, 0) is 48.9 Å². The predicted molar refractivity (Wildman–Crippen MR) is 114 cm³/mol. The average molecular weight is 402 g/mol. The molecule has 0 spiro atoms. The van der Waals surface area contributed by atoms with Gasteiger partial charge in [0.15, 0.2) is 0 Å². The number of methoxy groups -OCH3 is 1. The second-order valence-corrected chi connectivity index (χ2v) is 6.81. The monoisotopic (exact) mass is 402 g/mol. The quantitative estimate of drug-likeness (QED) is 0.637. The van der Waals surface area contributed by atoms with E-state index in [1.165, 1.54) is 31.4 Å². The van der Waals surface area contributed by atoms with E-state index in [4.69, 9.17) is 4.74 Å². The molecule has 6 heteroatoms. The summed E-state index contributed by atoms with van der Waals surface area (Å²) in [4.78, 5) is 28.0. The highest BCUT2D eigenvalue weighted by Crippen LogP contribution is 2.38. The number of hydrogen-bond acceptors (Lipinski definition) is 4. The molecule has 30 heavy (non-hydrogen) atoms. The zero-order chi connectivity index (χ0) is 21.3. The van der Waals surface area contributed by atoms with Crippen molar-refractivity contribution >= 4 is 28.8 Å². The van der Waals surface area contributed by atoms with Gasteiger partial charge in [-0.3, -0.25) is 9.59 Å². The lowest BCUT2D eigenvalue weighted by Crippen LogP contribution is -2.33. The SMILES string of the molecule is COc1ccccc1C1=C(Nc2ccc(F)cc2)C(=O)N(c2ccccc2C)C1=O.